The fourth-order valence-corrected chi connectivity index (χ4v) is 1.90. The minimum atomic E-state index is -0.407. The smallest absolute Gasteiger partial charge is 0.330 e. The lowest BCUT2D eigenvalue weighted by atomic mass is 10.0. The molecule has 1 N–H and O–H groups in total. The molecule has 0 amide bonds. The lowest BCUT2D eigenvalue weighted by Crippen LogP contribution is -2.04. The maximum absolute atomic E-state index is 10.9. The molecule has 3 nitrogen and oxygen atoms in total. The fourth-order valence-electron chi connectivity index (χ4n) is 1.90. The maximum Gasteiger partial charge on any atom is 0.330 e. The molecule has 3 heteroatoms. The normalized spacial score (nSPS) is 10.0. The van der Waals surface area contributed by atoms with Crippen molar-refractivity contribution in [2.24, 2.45) is 0 Å². The molecule has 0 aliphatic carbocycles. The van der Waals surface area contributed by atoms with Crippen LogP contribution < -0.4 is 0 Å². The molecule has 20 heavy (non-hydrogen) atoms. The van der Waals surface area contributed by atoms with Gasteiger partial charge < -0.3 is 9.84 Å². The number of phenols is 1. The van der Waals surface area contributed by atoms with E-state index < -0.39 is 5.97 Å². The monoisotopic (exact) mass is 268 g/mol. The average molecular weight is 268 g/mol. The Hall–Kier alpha value is -2.55. The second-order valence-electron chi connectivity index (χ2n) is 4.34. The second kappa shape index (κ2) is 6.57. The van der Waals surface area contributed by atoms with Crippen molar-refractivity contribution in [1.82, 2.24) is 0 Å². The van der Waals surface area contributed by atoms with E-state index in [0.717, 1.165) is 22.8 Å². The van der Waals surface area contributed by atoms with Crippen molar-refractivity contribution in [2.45, 2.75) is 6.42 Å². The molecule has 0 heterocycles. The van der Waals surface area contributed by atoms with Crippen molar-refractivity contribution in [3.63, 3.8) is 0 Å². The number of aromatic hydroxyl groups is 1. The van der Waals surface area contributed by atoms with Crippen LogP contribution >= 0.6 is 0 Å². The van der Waals surface area contributed by atoms with Gasteiger partial charge >= 0.3 is 5.97 Å². The largest absolute Gasteiger partial charge is 0.507 e. The van der Waals surface area contributed by atoms with Crippen molar-refractivity contribution >= 4 is 5.97 Å². The first kappa shape index (κ1) is 13.9. The summed E-state index contributed by atoms with van der Waals surface area (Å²) in [5, 5.41) is 9.80. The van der Waals surface area contributed by atoms with E-state index in [9.17, 15) is 9.90 Å². The van der Waals surface area contributed by atoms with Crippen molar-refractivity contribution in [1.29, 1.82) is 0 Å². The van der Waals surface area contributed by atoms with Gasteiger partial charge in [0.15, 0.2) is 0 Å². The van der Waals surface area contributed by atoms with Crippen LogP contribution in [-0.4, -0.2) is 17.7 Å². The minimum absolute atomic E-state index is 0.264. The van der Waals surface area contributed by atoms with Gasteiger partial charge in [-0.3, -0.25) is 0 Å². The molecule has 0 bridgehead atoms. The number of phenolic OH excluding ortho intramolecular Hbond substituents is 1. The molecule has 0 atom stereocenters. The first-order valence-electron chi connectivity index (χ1n) is 6.37. The summed E-state index contributed by atoms with van der Waals surface area (Å²) in [6.07, 6.45) is 1.81. The number of hydrogen-bond donors (Lipinski definition) is 1. The van der Waals surface area contributed by atoms with Gasteiger partial charge in [-0.2, -0.15) is 0 Å². The summed E-state index contributed by atoms with van der Waals surface area (Å²) in [5.41, 5.74) is 2.83. The highest BCUT2D eigenvalue weighted by Crippen LogP contribution is 2.28. The van der Waals surface area contributed by atoms with Crippen LogP contribution in [0.2, 0.25) is 0 Å². The Labute approximate surface area is 118 Å². The van der Waals surface area contributed by atoms with Crippen molar-refractivity contribution in [2.75, 3.05) is 6.61 Å². The zero-order valence-corrected chi connectivity index (χ0v) is 11.1. The number of esters is 1. The van der Waals surface area contributed by atoms with Gasteiger partial charge in [-0.25, -0.2) is 4.79 Å². The van der Waals surface area contributed by atoms with Crippen molar-refractivity contribution in [3.8, 4) is 16.9 Å². The zero-order valence-electron chi connectivity index (χ0n) is 11.1. The molecule has 0 radical (unpaired) electrons. The molecule has 2 rings (SSSR count). The first-order chi connectivity index (χ1) is 9.70. The van der Waals surface area contributed by atoms with E-state index in [1.54, 1.807) is 12.1 Å². The molecule has 0 saturated carbocycles. The van der Waals surface area contributed by atoms with Gasteiger partial charge in [0.25, 0.3) is 0 Å². The van der Waals surface area contributed by atoms with E-state index in [4.69, 9.17) is 4.74 Å². The van der Waals surface area contributed by atoms with Gasteiger partial charge in [-0.1, -0.05) is 49.0 Å². The van der Waals surface area contributed by atoms with Crippen molar-refractivity contribution in [3.05, 3.63) is 66.7 Å². The number of para-hydroxylation sites is 1. The Morgan fingerprint density at radius 3 is 2.50 bits per heavy atom. The fraction of sp³-hybridized carbons (Fsp3) is 0.118. The number of carbonyl (C=O) groups is 1. The topological polar surface area (TPSA) is 46.5 Å². The third-order valence-electron chi connectivity index (χ3n) is 2.97. The number of hydrogen-bond acceptors (Lipinski definition) is 3. The van der Waals surface area contributed by atoms with E-state index in [0.29, 0.717) is 13.0 Å². The summed E-state index contributed by atoms with van der Waals surface area (Å²) in [6.45, 7) is 3.68. The van der Waals surface area contributed by atoms with E-state index in [1.807, 2.05) is 36.4 Å². The Morgan fingerprint density at radius 1 is 1.15 bits per heavy atom. The minimum Gasteiger partial charge on any atom is -0.507 e. The lowest BCUT2D eigenvalue weighted by Gasteiger charge is -2.06. The van der Waals surface area contributed by atoms with Crippen molar-refractivity contribution < 1.29 is 14.6 Å². The number of carbonyl (C=O) groups excluding carboxylic acids is 1. The first-order valence-corrected chi connectivity index (χ1v) is 6.37. The molecular weight excluding hydrogens is 252 g/mol. The van der Waals surface area contributed by atoms with Crippen LogP contribution in [0.25, 0.3) is 11.1 Å². The lowest BCUT2D eigenvalue weighted by molar-refractivity contribution is -0.137. The Kier molecular flexibility index (Phi) is 4.56. The van der Waals surface area contributed by atoms with Crippen LogP contribution in [0.5, 0.6) is 5.75 Å². The SMILES string of the molecule is C=CC(=O)OCCc1ccc(-c2ccccc2O)cc1. The van der Waals surface area contributed by atoms with Crippen LogP contribution in [-0.2, 0) is 16.0 Å². The Morgan fingerprint density at radius 2 is 1.85 bits per heavy atom. The molecule has 2 aromatic carbocycles. The van der Waals surface area contributed by atoms with E-state index in [1.165, 1.54) is 0 Å². The Balaban J connectivity index is 2.02. The van der Waals surface area contributed by atoms with Gasteiger partial charge in [-0.05, 0) is 17.2 Å². The van der Waals surface area contributed by atoms with Gasteiger partial charge in [0, 0.05) is 18.1 Å². The number of benzene rings is 2. The van der Waals surface area contributed by atoms with E-state index in [2.05, 4.69) is 6.58 Å². The molecule has 0 unspecified atom stereocenters. The molecule has 0 spiro atoms. The highest BCUT2D eigenvalue weighted by molar-refractivity contribution is 5.81. The van der Waals surface area contributed by atoms with E-state index in [-0.39, 0.29) is 5.75 Å². The molecule has 0 fully saturated rings. The van der Waals surface area contributed by atoms with Gasteiger partial charge in [0.2, 0.25) is 0 Å². The van der Waals surface area contributed by atoms with E-state index >= 15 is 0 Å². The van der Waals surface area contributed by atoms with Gasteiger partial charge in [0.05, 0.1) is 6.61 Å². The summed E-state index contributed by atoms with van der Waals surface area (Å²) >= 11 is 0. The second-order valence-corrected chi connectivity index (χ2v) is 4.34. The molecule has 0 aliphatic heterocycles. The Bertz CT molecular complexity index is 600. The summed E-state index contributed by atoms with van der Waals surface area (Å²) in [7, 11) is 0. The molecule has 0 aliphatic rings. The molecular formula is C17H16O3. The van der Waals surface area contributed by atoms with Crippen LogP contribution in [0.15, 0.2) is 61.2 Å². The van der Waals surface area contributed by atoms with Crippen LogP contribution in [0.3, 0.4) is 0 Å². The molecule has 0 aromatic heterocycles. The molecule has 102 valence electrons. The highest BCUT2D eigenvalue weighted by Gasteiger charge is 2.03. The quantitative estimate of drug-likeness (QED) is 0.668. The summed E-state index contributed by atoms with van der Waals surface area (Å²) < 4.78 is 4.93. The van der Waals surface area contributed by atoms with Crippen LogP contribution in [0, 0.1) is 0 Å². The predicted octanol–water partition coefficient (Wildman–Crippen LogP) is 3.33. The average Bonchev–Trinajstić information content (AvgIpc) is 2.48. The number of rotatable bonds is 5. The van der Waals surface area contributed by atoms with Crippen LogP contribution in [0.4, 0.5) is 0 Å². The maximum atomic E-state index is 10.9. The zero-order chi connectivity index (χ0) is 14.4. The molecule has 2 aromatic rings. The summed E-state index contributed by atoms with van der Waals surface area (Å²) in [4.78, 5) is 10.9. The summed E-state index contributed by atoms with van der Waals surface area (Å²) in [5.74, 6) is -0.143. The standard InChI is InChI=1S/C17H16O3/c1-2-17(19)20-12-11-13-7-9-14(10-8-13)15-5-3-4-6-16(15)18/h2-10,18H,1,11-12H2. The number of ether oxygens (including phenoxy) is 1. The molecule has 0 saturated heterocycles. The predicted molar refractivity (Wildman–Crippen MR) is 78.4 cm³/mol. The third-order valence-corrected chi connectivity index (χ3v) is 2.97. The van der Waals surface area contributed by atoms with Gasteiger partial charge in [0.1, 0.15) is 5.75 Å². The third kappa shape index (κ3) is 3.48. The highest BCUT2D eigenvalue weighted by atomic mass is 16.5. The van der Waals surface area contributed by atoms with Crippen LogP contribution in [0.1, 0.15) is 5.56 Å². The summed E-state index contributed by atoms with van der Waals surface area (Å²) in [6, 6.07) is 15.0. The van der Waals surface area contributed by atoms with Gasteiger partial charge in [-0.15, -0.1) is 0 Å².